The third kappa shape index (κ3) is 6.40. The number of carbonyl (C=O) groups is 1. The van der Waals surface area contributed by atoms with Crippen LogP contribution in [-0.4, -0.2) is 108 Å². The molecule has 1 aromatic carbocycles. The number of rotatable bonds is 8. The number of piperazine rings is 1. The van der Waals surface area contributed by atoms with Crippen molar-refractivity contribution in [1.29, 1.82) is 0 Å². The number of anilines is 4. The highest BCUT2D eigenvalue weighted by atomic mass is 16.5. The molecule has 7 rings (SSSR count). The first kappa shape index (κ1) is 31.8. The summed E-state index contributed by atoms with van der Waals surface area (Å²) in [5.41, 5.74) is 11.9. The number of ether oxygens (including phenoxy) is 1. The number of nitrogens with one attached hydrogen (secondary N) is 1. The summed E-state index contributed by atoms with van der Waals surface area (Å²) >= 11 is 0. The number of pyridine rings is 1. The molecule has 4 aliphatic heterocycles. The summed E-state index contributed by atoms with van der Waals surface area (Å²) < 4.78 is 5.73. The number of primary amides is 1. The zero-order valence-corrected chi connectivity index (χ0v) is 28.2. The maximum atomic E-state index is 12.9. The van der Waals surface area contributed by atoms with Gasteiger partial charge in [0.15, 0.2) is 17.3 Å². The lowest BCUT2D eigenvalue weighted by molar-refractivity contribution is 0.0285. The Morgan fingerprint density at radius 1 is 1.00 bits per heavy atom. The van der Waals surface area contributed by atoms with E-state index >= 15 is 0 Å². The molecule has 1 spiro atoms. The Morgan fingerprint density at radius 2 is 1.77 bits per heavy atom. The van der Waals surface area contributed by atoms with Crippen molar-refractivity contribution in [3.63, 3.8) is 0 Å². The van der Waals surface area contributed by atoms with Crippen LogP contribution in [0.25, 0.3) is 11.3 Å². The van der Waals surface area contributed by atoms with Gasteiger partial charge in [0.05, 0.1) is 0 Å². The fourth-order valence-electron chi connectivity index (χ4n) is 7.95. The number of hydrogen-bond acceptors (Lipinski definition) is 10. The molecule has 0 bridgehead atoms. The van der Waals surface area contributed by atoms with Crippen molar-refractivity contribution in [2.45, 2.75) is 64.0 Å². The van der Waals surface area contributed by atoms with Crippen LogP contribution in [0.15, 0.2) is 36.5 Å². The minimum Gasteiger partial charge on any atom is -0.381 e. The Kier molecular flexibility index (Phi) is 9.04. The normalized spacial score (nSPS) is 20.7. The van der Waals surface area contributed by atoms with Gasteiger partial charge in [-0.15, -0.1) is 0 Å². The molecule has 4 saturated heterocycles. The third-order valence-electron chi connectivity index (χ3n) is 10.9. The fraction of sp³-hybridized carbons (Fsp3) is 0.556. The van der Waals surface area contributed by atoms with Crippen molar-refractivity contribution >= 4 is 28.9 Å². The van der Waals surface area contributed by atoms with E-state index < -0.39 is 5.91 Å². The van der Waals surface area contributed by atoms with Crippen LogP contribution in [0.5, 0.6) is 0 Å². The molecule has 1 amide bonds. The highest BCUT2D eigenvalue weighted by Crippen LogP contribution is 2.45. The molecule has 250 valence electrons. The standard InChI is InChI=1S/C36H49N9O2/c1-4-26-24-28(5-6-30(26)44-14-8-29(9-15-44)43-19-17-42(3)18-20-43)39-34-32(33(37)46)40-31(27-7-13-38-25(2)23-27)35(41-34)45-16-10-36(45)11-21-47-22-12-36/h5-7,13,23-24,29H,4,8-12,14-22H2,1-3H3,(H2,37,46)(H,39,41). The number of aryl methyl sites for hydroxylation is 2. The highest BCUT2D eigenvalue weighted by Gasteiger charge is 2.47. The van der Waals surface area contributed by atoms with Crippen LogP contribution in [0.4, 0.5) is 23.0 Å². The van der Waals surface area contributed by atoms with Gasteiger partial charge in [-0.2, -0.15) is 0 Å². The van der Waals surface area contributed by atoms with Crippen molar-refractivity contribution in [2.75, 3.05) is 81.2 Å². The Bertz CT molecular complexity index is 1590. The second-order valence-corrected chi connectivity index (χ2v) is 13.8. The molecule has 2 aromatic heterocycles. The Hall–Kier alpha value is -3.80. The molecule has 11 heteroatoms. The first-order chi connectivity index (χ1) is 22.8. The van der Waals surface area contributed by atoms with Crippen LogP contribution in [0.1, 0.15) is 60.8 Å². The van der Waals surface area contributed by atoms with Crippen LogP contribution in [-0.2, 0) is 11.2 Å². The first-order valence-corrected chi connectivity index (χ1v) is 17.4. The van der Waals surface area contributed by atoms with Gasteiger partial charge in [0.1, 0.15) is 5.69 Å². The lowest BCUT2D eigenvalue weighted by atomic mass is 9.77. The molecule has 4 aliphatic rings. The number of benzene rings is 1. The molecule has 0 atom stereocenters. The molecule has 6 heterocycles. The van der Waals surface area contributed by atoms with Crippen molar-refractivity contribution in [2.24, 2.45) is 5.73 Å². The van der Waals surface area contributed by atoms with Gasteiger partial charge in [0.2, 0.25) is 0 Å². The zero-order valence-electron chi connectivity index (χ0n) is 28.2. The minimum absolute atomic E-state index is 0.00983. The molecule has 47 heavy (non-hydrogen) atoms. The van der Waals surface area contributed by atoms with E-state index in [4.69, 9.17) is 20.4 Å². The van der Waals surface area contributed by atoms with Gasteiger partial charge in [-0.05, 0) is 88.4 Å². The van der Waals surface area contributed by atoms with Crippen molar-refractivity contribution in [3.05, 3.63) is 53.5 Å². The highest BCUT2D eigenvalue weighted by molar-refractivity contribution is 5.98. The molecule has 4 fully saturated rings. The number of aromatic nitrogens is 3. The predicted molar refractivity (Wildman–Crippen MR) is 187 cm³/mol. The summed E-state index contributed by atoms with van der Waals surface area (Å²) in [4.78, 5) is 37.4. The number of nitrogens with zero attached hydrogens (tertiary/aromatic N) is 7. The summed E-state index contributed by atoms with van der Waals surface area (Å²) in [5.74, 6) is 0.546. The average molecular weight is 640 g/mol. The Morgan fingerprint density at radius 3 is 2.43 bits per heavy atom. The first-order valence-electron chi connectivity index (χ1n) is 17.4. The van der Waals surface area contributed by atoms with E-state index in [0.717, 1.165) is 94.4 Å². The number of piperidine rings is 1. The van der Waals surface area contributed by atoms with E-state index in [1.165, 1.54) is 37.2 Å². The van der Waals surface area contributed by atoms with E-state index in [-0.39, 0.29) is 11.2 Å². The second-order valence-electron chi connectivity index (χ2n) is 13.8. The average Bonchev–Trinajstić information content (AvgIpc) is 3.08. The summed E-state index contributed by atoms with van der Waals surface area (Å²) in [6.45, 7) is 13.3. The van der Waals surface area contributed by atoms with Crippen molar-refractivity contribution in [3.8, 4) is 11.3 Å². The molecular formula is C36H49N9O2. The molecule has 0 aliphatic carbocycles. The minimum atomic E-state index is -0.612. The summed E-state index contributed by atoms with van der Waals surface area (Å²) in [7, 11) is 2.22. The van der Waals surface area contributed by atoms with Crippen LogP contribution in [0.3, 0.4) is 0 Å². The van der Waals surface area contributed by atoms with E-state index in [0.29, 0.717) is 17.6 Å². The lowest BCUT2D eigenvalue weighted by Crippen LogP contribution is -2.63. The predicted octanol–water partition coefficient (Wildman–Crippen LogP) is 4.23. The summed E-state index contributed by atoms with van der Waals surface area (Å²) in [6.07, 6.45) is 8.04. The SMILES string of the molecule is CCc1cc(Nc2nc(N3CCC34CCOCC4)c(-c3ccnc(C)c3)nc2C(N)=O)ccc1N1CCC(N2CCN(C)CC2)CC1. The number of amides is 1. The quantitative estimate of drug-likeness (QED) is 0.371. The second kappa shape index (κ2) is 13.4. The maximum Gasteiger partial charge on any atom is 0.271 e. The smallest absolute Gasteiger partial charge is 0.271 e. The van der Waals surface area contributed by atoms with Crippen LogP contribution in [0, 0.1) is 6.92 Å². The van der Waals surface area contributed by atoms with E-state index in [1.807, 2.05) is 19.1 Å². The van der Waals surface area contributed by atoms with Crippen LogP contribution < -0.4 is 20.9 Å². The Balaban J connectivity index is 1.17. The molecule has 11 nitrogen and oxygen atoms in total. The van der Waals surface area contributed by atoms with Gasteiger partial charge >= 0.3 is 0 Å². The van der Waals surface area contributed by atoms with Crippen LogP contribution >= 0.6 is 0 Å². The maximum absolute atomic E-state index is 12.9. The lowest BCUT2D eigenvalue weighted by Gasteiger charge is -2.55. The molecular weight excluding hydrogens is 590 g/mol. The number of likely N-dealkylation sites (N-methyl/N-ethyl adjacent to an activating group) is 1. The molecule has 3 aromatic rings. The van der Waals surface area contributed by atoms with Crippen molar-refractivity contribution in [1.82, 2.24) is 24.8 Å². The van der Waals surface area contributed by atoms with Gasteiger partial charge in [0.25, 0.3) is 5.91 Å². The number of carbonyl (C=O) groups excluding carboxylic acids is 1. The summed E-state index contributed by atoms with van der Waals surface area (Å²) in [6, 6.07) is 11.1. The molecule has 0 unspecified atom stereocenters. The van der Waals surface area contributed by atoms with Crippen LogP contribution in [0.2, 0.25) is 0 Å². The topological polar surface area (TPSA) is 116 Å². The van der Waals surface area contributed by atoms with E-state index in [2.05, 4.69) is 62.1 Å². The number of hydrogen-bond donors (Lipinski definition) is 2. The van der Waals surface area contributed by atoms with Gasteiger partial charge in [-0.3, -0.25) is 14.7 Å². The molecule has 0 radical (unpaired) electrons. The molecule has 3 N–H and O–H groups in total. The third-order valence-corrected chi connectivity index (χ3v) is 10.9. The summed E-state index contributed by atoms with van der Waals surface area (Å²) in [5, 5.41) is 3.47. The van der Waals surface area contributed by atoms with E-state index in [9.17, 15) is 4.79 Å². The van der Waals surface area contributed by atoms with Gasteiger partial charge in [-0.25, -0.2) is 9.97 Å². The Labute approximate surface area is 278 Å². The number of nitrogens with two attached hydrogens (primary N) is 1. The van der Waals surface area contributed by atoms with Gasteiger partial charge in [-0.1, -0.05) is 6.92 Å². The van der Waals surface area contributed by atoms with Gasteiger partial charge < -0.3 is 30.5 Å². The monoisotopic (exact) mass is 639 g/mol. The fourth-order valence-corrected chi connectivity index (χ4v) is 7.95. The largest absolute Gasteiger partial charge is 0.381 e. The van der Waals surface area contributed by atoms with Crippen molar-refractivity contribution < 1.29 is 9.53 Å². The van der Waals surface area contributed by atoms with E-state index in [1.54, 1.807) is 6.20 Å². The molecule has 0 saturated carbocycles. The zero-order chi connectivity index (χ0) is 32.5. The van der Waals surface area contributed by atoms with Gasteiger partial charge in [0, 0.05) is 99.4 Å².